The molecule has 1 amide bonds. The van der Waals surface area contributed by atoms with E-state index in [-0.39, 0.29) is 12.4 Å². The molecule has 1 saturated heterocycles. The molecule has 0 radical (unpaired) electrons. The fraction of sp³-hybridized carbons (Fsp3) is 0.857. The molecule has 1 fully saturated rings. The molecule has 1 N–H and O–H groups in total. The molecule has 0 aromatic carbocycles. The molecule has 0 aromatic heterocycles. The smallest absolute Gasteiger partial charge is 0.215 e. The van der Waals surface area contributed by atoms with Gasteiger partial charge in [-0.2, -0.15) is 0 Å². The third-order valence-corrected chi connectivity index (χ3v) is 2.26. The Hall–Kier alpha value is -0.575. The van der Waals surface area contributed by atoms with E-state index in [1.807, 2.05) is 0 Å². The van der Waals surface area contributed by atoms with Crippen molar-refractivity contribution in [2.75, 3.05) is 19.7 Å². The van der Waals surface area contributed by atoms with Gasteiger partial charge in [0.05, 0.1) is 13.2 Å². The van der Waals surface area contributed by atoms with Crippen molar-refractivity contribution in [3.05, 3.63) is 0 Å². The van der Waals surface area contributed by atoms with Gasteiger partial charge in [-0.1, -0.05) is 0 Å². The van der Waals surface area contributed by atoms with Gasteiger partial charge in [0.1, 0.15) is 0 Å². The number of piperidine rings is 1. The van der Waals surface area contributed by atoms with E-state index in [9.17, 15) is 9.18 Å². The first-order chi connectivity index (χ1) is 5.57. The maximum absolute atomic E-state index is 13.5. The van der Waals surface area contributed by atoms with Crippen molar-refractivity contribution >= 4 is 13.7 Å². The van der Waals surface area contributed by atoms with Crippen molar-refractivity contribution in [3.63, 3.8) is 0 Å². The molecule has 0 aromatic rings. The lowest BCUT2D eigenvalue weighted by Gasteiger charge is -2.35. The van der Waals surface area contributed by atoms with Gasteiger partial charge in [0.25, 0.3) is 0 Å². The maximum Gasteiger partial charge on any atom is 0.215 e. The van der Waals surface area contributed by atoms with Crippen LogP contribution in [-0.4, -0.2) is 49.0 Å². The Morgan fingerprint density at radius 1 is 1.75 bits per heavy atom. The zero-order valence-corrected chi connectivity index (χ0v) is 7.22. The third-order valence-electron chi connectivity index (χ3n) is 2.26. The highest BCUT2D eigenvalue weighted by atomic mass is 19.1. The summed E-state index contributed by atoms with van der Waals surface area (Å²) in [7, 11) is 1.42. The molecular formula is C7H13BFNO2. The molecule has 0 unspecified atom stereocenters. The van der Waals surface area contributed by atoms with Gasteiger partial charge in [-0.15, -0.1) is 0 Å². The van der Waals surface area contributed by atoms with E-state index in [4.69, 9.17) is 5.11 Å². The SMILES string of the molecule is BC(=O)N1CCC[C@@](F)(CO)C1. The van der Waals surface area contributed by atoms with Gasteiger partial charge >= 0.3 is 0 Å². The Morgan fingerprint density at radius 3 is 2.92 bits per heavy atom. The number of rotatable bonds is 1. The average Bonchev–Trinajstić information content (AvgIpc) is 2.05. The number of amides is 1. The number of aliphatic hydroxyl groups excluding tert-OH is 1. The monoisotopic (exact) mass is 173 g/mol. The first-order valence-electron chi connectivity index (χ1n) is 4.13. The second kappa shape index (κ2) is 3.43. The summed E-state index contributed by atoms with van der Waals surface area (Å²) in [6.45, 7) is 0.163. The highest BCUT2D eigenvalue weighted by Gasteiger charge is 2.35. The molecule has 0 spiro atoms. The Balaban J connectivity index is 2.57. The summed E-state index contributed by atoms with van der Waals surface area (Å²) < 4.78 is 13.5. The number of hydrogen-bond donors (Lipinski definition) is 1. The van der Waals surface area contributed by atoms with Crippen LogP contribution < -0.4 is 0 Å². The fourth-order valence-electron chi connectivity index (χ4n) is 1.48. The van der Waals surface area contributed by atoms with E-state index in [0.717, 1.165) is 0 Å². The standard InChI is InChI=1S/C7H13BFNO2/c8-6(12)10-3-1-2-7(9,4-10)5-11/h11H,1-5,8H2/t7-/m0/s1. The summed E-state index contributed by atoms with van der Waals surface area (Å²) in [4.78, 5) is 12.3. The topological polar surface area (TPSA) is 40.5 Å². The van der Waals surface area contributed by atoms with E-state index in [1.165, 1.54) is 12.7 Å². The summed E-state index contributed by atoms with van der Waals surface area (Å²) in [5.74, 6) is -0.120. The van der Waals surface area contributed by atoms with Crippen LogP contribution in [0.3, 0.4) is 0 Å². The second-order valence-corrected chi connectivity index (χ2v) is 3.35. The van der Waals surface area contributed by atoms with Crippen LogP contribution >= 0.6 is 0 Å². The molecule has 1 rings (SSSR count). The molecular weight excluding hydrogens is 160 g/mol. The van der Waals surface area contributed by atoms with Crippen LogP contribution in [0.5, 0.6) is 0 Å². The molecule has 68 valence electrons. The highest BCUT2D eigenvalue weighted by Crippen LogP contribution is 2.24. The van der Waals surface area contributed by atoms with Crippen LogP contribution in [0.1, 0.15) is 12.8 Å². The molecule has 5 heteroatoms. The minimum absolute atomic E-state index is 0.0405. The lowest BCUT2D eigenvalue weighted by Crippen LogP contribution is -2.49. The number of carbonyl (C=O) groups excluding carboxylic acids is 1. The molecule has 1 aliphatic rings. The average molecular weight is 173 g/mol. The largest absolute Gasteiger partial charge is 0.393 e. The first-order valence-corrected chi connectivity index (χ1v) is 4.13. The third kappa shape index (κ3) is 1.97. The van der Waals surface area contributed by atoms with Crippen LogP contribution in [0.15, 0.2) is 0 Å². The fourth-order valence-corrected chi connectivity index (χ4v) is 1.48. The van der Waals surface area contributed by atoms with Crippen molar-refractivity contribution in [2.24, 2.45) is 0 Å². The Kier molecular flexibility index (Phi) is 2.72. The van der Waals surface area contributed by atoms with Crippen LogP contribution in [0.25, 0.3) is 0 Å². The first kappa shape index (κ1) is 9.51. The van der Waals surface area contributed by atoms with E-state index in [1.54, 1.807) is 0 Å². The Morgan fingerprint density at radius 2 is 2.42 bits per heavy atom. The molecule has 1 atom stereocenters. The number of likely N-dealkylation sites (tertiary alicyclic amines) is 1. The Labute approximate surface area is 72.0 Å². The number of alkyl halides is 1. The summed E-state index contributed by atoms with van der Waals surface area (Å²) >= 11 is 0. The summed E-state index contributed by atoms with van der Waals surface area (Å²) in [6, 6.07) is 0. The second-order valence-electron chi connectivity index (χ2n) is 3.35. The molecule has 1 aliphatic heterocycles. The van der Waals surface area contributed by atoms with Crippen molar-refractivity contribution in [3.8, 4) is 0 Å². The van der Waals surface area contributed by atoms with Gasteiger partial charge in [0.15, 0.2) is 11.5 Å². The quantitative estimate of drug-likeness (QED) is 0.545. The minimum Gasteiger partial charge on any atom is -0.393 e. The van der Waals surface area contributed by atoms with Crippen LogP contribution in [0.2, 0.25) is 0 Å². The van der Waals surface area contributed by atoms with Gasteiger partial charge in [-0.25, -0.2) is 4.39 Å². The van der Waals surface area contributed by atoms with Gasteiger partial charge < -0.3 is 10.0 Å². The lowest BCUT2D eigenvalue weighted by molar-refractivity contribution is 0.0150. The molecule has 1 heterocycles. The van der Waals surface area contributed by atoms with E-state index in [2.05, 4.69) is 0 Å². The minimum atomic E-state index is -1.57. The summed E-state index contributed by atoms with van der Waals surface area (Å²) in [6.07, 6.45) is 0.990. The van der Waals surface area contributed by atoms with Gasteiger partial charge in [0.2, 0.25) is 7.85 Å². The molecule has 0 saturated carbocycles. The lowest BCUT2D eigenvalue weighted by atomic mass is 9.93. The molecule has 12 heavy (non-hydrogen) atoms. The number of nitrogens with zero attached hydrogens (tertiary/aromatic N) is 1. The predicted octanol–water partition coefficient (Wildman–Crippen LogP) is -0.464. The van der Waals surface area contributed by atoms with Gasteiger partial charge in [-0.05, 0) is 12.8 Å². The summed E-state index contributed by atoms with van der Waals surface area (Å²) in [5.41, 5.74) is -1.57. The zero-order chi connectivity index (χ0) is 9.19. The van der Waals surface area contributed by atoms with Gasteiger partial charge in [-0.3, -0.25) is 4.79 Å². The van der Waals surface area contributed by atoms with Crippen LogP contribution in [0, 0.1) is 0 Å². The van der Waals surface area contributed by atoms with Crippen molar-refractivity contribution in [1.82, 2.24) is 4.90 Å². The van der Waals surface area contributed by atoms with Crippen molar-refractivity contribution in [1.29, 1.82) is 0 Å². The van der Waals surface area contributed by atoms with E-state index in [0.29, 0.717) is 19.4 Å². The zero-order valence-electron chi connectivity index (χ0n) is 7.22. The van der Waals surface area contributed by atoms with Gasteiger partial charge in [0, 0.05) is 6.54 Å². The Bertz CT molecular complexity index is 190. The van der Waals surface area contributed by atoms with E-state index < -0.39 is 12.3 Å². The normalized spacial score (nSPS) is 30.3. The number of hydrogen-bond acceptors (Lipinski definition) is 2. The van der Waals surface area contributed by atoms with Crippen LogP contribution in [0.4, 0.5) is 9.18 Å². The van der Waals surface area contributed by atoms with Crippen LogP contribution in [-0.2, 0) is 0 Å². The van der Waals surface area contributed by atoms with Crippen molar-refractivity contribution < 1.29 is 14.3 Å². The molecule has 0 aliphatic carbocycles. The molecule has 0 bridgehead atoms. The molecule has 3 nitrogen and oxygen atoms in total. The number of halogens is 1. The number of carbonyl (C=O) groups is 1. The highest BCUT2D eigenvalue weighted by molar-refractivity contribution is 6.56. The number of aliphatic hydroxyl groups is 1. The van der Waals surface area contributed by atoms with E-state index >= 15 is 0 Å². The maximum atomic E-state index is 13.5. The predicted molar refractivity (Wildman–Crippen MR) is 45.7 cm³/mol. The van der Waals surface area contributed by atoms with Crippen molar-refractivity contribution in [2.45, 2.75) is 18.5 Å². The summed E-state index contributed by atoms with van der Waals surface area (Å²) in [5, 5.41) is 8.74.